The second-order valence-corrected chi connectivity index (χ2v) is 8.18. The molecule has 0 unspecified atom stereocenters. The lowest BCUT2D eigenvalue weighted by atomic mass is 10.0. The maximum absolute atomic E-state index is 13.3. The maximum Gasteiger partial charge on any atom is 0.331 e. The van der Waals surface area contributed by atoms with Gasteiger partial charge in [-0.15, -0.1) is 0 Å². The summed E-state index contributed by atoms with van der Waals surface area (Å²) in [6.07, 6.45) is 0.646. The van der Waals surface area contributed by atoms with Gasteiger partial charge >= 0.3 is 5.69 Å². The van der Waals surface area contributed by atoms with Crippen LogP contribution in [0.25, 0.3) is 0 Å². The number of aromatic nitrogens is 2. The molecule has 0 amide bonds. The highest BCUT2D eigenvalue weighted by Gasteiger charge is 2.25. The SMILES string of the molecule is CCn1c2c(c(=O)n(Cc3ccc(Cl)cc3)c1=O)CN(Cc1cccc(C#N)c1)CC2. The van der Waals surface area contributed by atoms with Crippen molar-refractivity contribution in [1.29, 1.82) is 5.26 Å². The van der Waals surface area contributed by atoms with Crippen LogP contribution in [0.4, 0.5) is 0 Å². The van der Waals surface area contributed by atoms with Gasteiger partial charge in [-0.3, -0.25) is 18.8 Å². The van der Waals surface area contributed by atoms with Gasteiger partial charge in [-0.1, -0.05) is 35.9 Å². The predicted molar refractivity (Wildman–Crippen MR) is 120 cm³/mol. The van der Waals surface area contributed by atoms with E-state index in [1.54, 1.807) is 22.8 Å². The van der Waals surface area contributed by atoms with Gasteiger partial charge in [0.25, 0.3) is 5.56 Å². The van der Waals surface area contributed by atoms with Gasteiger partial charge in [0.05, 0.1) is 23.7 Å². The maximum atomic E-state index is 13.3. The van der Waals surface area contributed by atoms with E-state index in [4.69, 9.17) is 16.9 Å². The molecule has 0 fully saturated rings. The number of nitriles is 1. The standard InChI is InChI=1S/C24H23ClN4O2/c1-2-28-22-10-11-27(14-19-5-3-4-18(12-19)13-26)16-21(22)23(30)29(24(28)31)15-17-6-8-20(25)9-7-17/h3-9,12H,2,10-11,14-16H2,1H3. The molecular weight excluding hydrogens is 412 g/mol. The first-order valence-electron chi connectivity index (χ1n) is 10.3. The van der Waals surface area contributed by atoms with Crippen molar-refractivity contribution in [2.24, 2.45) is 0 Å². The highest BCUT2D eigenvalue weighted by atomic mass is 35.5. The van der Waals surface area contributed by atoms with Gasteiger partial charge < -0.3 is 0 Å². The molecule has 2 aromatic carbocycles. The van der Waals surface area contributed by atoms with Crippen molar-refractivity contribution in [3.8, 4) is 6.07 Å². The number of halogens is 1. The molecule has 2 heterocycles. The van der Waals surface area contributed by atoms with Crippen LogP contribution in [-0.4, -0.2) is 20.6 Å². The summed E-state index contributed by atoms with van der Waals surface area (Å²) >= 11 is 5.96. The van der Waals surface area contributed by atoms with Crippen molar-refractivity contribution in [3.05, 3.63) is 102 Å². The van der Waals surface area contributed by atoms with E-state index in [0.717, 1.165) is 23.4 Å². The summed E-state index contributed by atoms with van der Waals surface area (Å²) in [7, 11) is 0. The molecule has 0 aliphatic carbocycles. The number of hydrogen-bond acceptors (Lipinski definition) is 4. The van der Waals surface area contributed by atoms with Crippen molar-refractivity contribution in [1.82, 2.24) is 14.0 Å². The Morgan fingerprint density at radius 1 is 1.03 bits per heavy atom. The van der Waals surface area contributed by atoms with Crippen molar-refractivity contribution >= 4 is 11.6 Å². The minimum atomic E-state index is -0.267. The molecule has 6 nitrogen and oxygen atoms in total. The molecule has 1 aromatic heterocycles. The van der Waals surface area contributed by atoms with Gasteiger partial charge in [0.15, 0.2) is 0 Å². The van der Waals surface area contributed by atoms with Gasteiger partial charge in [0.1, 0.15) is 0 Å². The second-order valence-electron chi connectivity index (χ2n) is 7.74. The number of benzene rings is 2. The van der Waals surface area contributed by atoms with E-state index >= 15 is 0 Å². The lowest BCUT2D eigenvalue weighted by Gasteiger charge is -2.30. The Bertz CT molecular complexity index is 1270. The fourth-order valence-corrected chi connectivity index (χ4v) is 4.31. The highest BCUT2D eigenvalue weighted by Crippen LogP contribution is 2.18. The van der Waals surface area contributed by atoms with Gasteiger partial charge in [0.2, 0.25) is 0 Å². The molecular formula is C24H23ClN4O2. The van der Waals surface area contributed by atoms with Crippen LogP contribution in [-0.2, 0) is 32.6 Å². The molecule has 158 valence electrons. The first-order valence-corrected chi connectivity index (χ1v) is 10.7. The zero-order chi connectivity index (χ0) is 22.0. The van der Waals surface area contributed by atoms with Crippen LogP contribution < -0.4 is 11.2 Å². The predicted octanol–water partition coefficient (Wildman–Crippen LogP) is 3.16. The van der Waals surface area contributed by atoms with E-state index in [1.165, 1.54) is 4.57 Å². The lowest BCUT2D eigenvalue weighted by molar-refractivity contribution is 0.236. The molecule has 0 spiro atoms. The van der Waals surface area contributed by atoms with Crippen molar-refractivity contribution < 1.29 is 0 Å². The average molecular weight is 435 g/mol. The van der Waals surface area contributed by atoms with E-state index < -0.39 is 0 Å². The summed E-state index contributed by atoms with van der Waals surface area (Å²) in [5.41, 5.74) is 3.54. The zero-order valence-electron chi connectivity index (χ0n) is 17.3. The Morgan fingerprint density at radius 2 is 1.81 bits per heavy atom. The van der Waals surface area contributed by atoms with Crippen molar-refractivity contribution in [2.75, 3.05) is 6.54 Å². The topological polar surface area (TPSA) is 71.0 Å². The van der Waals surface area contributed by atoms with Gasteiger partial charge in [0, 0.05) is 43.3 Å². The molecule has 0 saturated heterocycles. The fraction of sp³-hybridized carbons (Fsp3) is 0.292. The average Bonchev–Trinajstić information content (AvgIpc) is 2.79. The monoisotopic (exact) mass is 434 g/mol. The minimum Gasteiger partial charge on any atom is -0.297 e. The number of hydrogen-bond donors (Lipinski definition) is 0. The quantitative estimate of drug-likeness (QED) is 0.618. The number of fused-ring (bicyclic) bond motifs is 1. The Balaban J connectivity index is 1.68. The Hall–Kier alpha value is -3.14. The largest absolute Gasteiger partial charge is 0.331 e. The molecule has 0 saturated carbocycles. The van der Waals surface area contributed by atoms with Crippen LogP contribution in [0.5, 0.6) is 0 Å². The fourth-order valence-electron chi connectivity index (χ4n) is 4.18. The summed E-state index contributed by atoms with van der Waals surface area (Å²) in [5.74, 6) is 0. The lowest BCUT2D eigenvalue weighted by Crippen LogP contribution is -2.47. The number of nitrogens with zero attached hydrogens (tertiary/aromatic N) is 4. The van der Waals surface area contributed by atoms with Crippen LogP contribution in [0.1, 0.15) is 34.9 Å². The third-order valence-electron chi connectivity index (χ3n) is 5.72. The summed E-state index contributed by atoms with van der Waals surface area (Å²) in [4.78, 5) is 28.6. The third-order valence-corrected chi connectivity index (χ3v) is 5.97. The highest BCUT2D eigenvalue weighted by molar-refractivity contribution is 6.30. The Labute approximate surface area is 185 Å². The van der Waals surface area contributed by atoms with Gasteiger partial charge in [-0.05, 0) is 42.3 Å². The number of rotatable bonds is 5. The van der Waals surface area contributed by atoms with Crippen LogP contribution in [0.2, 0.25) is 5.02 Å². The molecule has 1 aliphatic rings. The Kier molecular flexibility index (Phi) is 6.08. The van der Waals surface area contributed by atoms with E-state index in [9.17, 15) is 9.59 Å². The third kappa shape index (κ3) is 4.34. The van der Waals surface area contributed by atoms with Crippen molar-refractivity contribution in [3.63, 3.8) is 0 Å². The van der Waals surface area contributed by atoms with Crippen LogP contribution >= 0.6 is 11.6 Å². The summed E-state index contributed by atoms with van der Waals surface area (Å²) in [5, 5.41) is 9.75. The van der Waals surface area contributed by atoms with E-state index in [-0.39, 0.29) is 17.8 Å². The van der Waals surface area contributed by atoms with Gasteiger partial charge in [-0.25, -0.2) is 4.79 Å². The molecule has 31 heavy (non-hydrogen) atoms. The minimum absolute atomic E-state index is 0.215. The molecule has 7 heteroatoms. The van der Waals surface area contributed by atoms with Crippen LogP contribution in [0.3, 0.4) is 0 Å². The van der Waals surface area contributed by atoms with Crippen LogP contribution in [0, 0.1) is 11.3 Å². The normalized spacial score (nSPS) is 13.6. The molecule has 1 aliphatic heterocycles. The first-order chi connectivity index (χ1) is 15.0. The van der Waals surface area contributed by atoms with E-state index in [1.807, 2.05) is 37.3 Å². The van der Waals surface area contributed by atoms with E-state index in [2.05, 4.69) is 11.0 Å². The molecule has 0 atom stereocenters. The first kappa shape index (κ1) is 21.1. The zero-order valence-corrected chi connectivity index (χ0v) is 18.1. The van der Waals surface area contributed by atoms with Crippen LogP contribution in [0.15, 0.2) is 58.1 Å². The summed E-state index contributed by atoms with van der Waals surface area (Å²) < 4.78 is 3.05. The smallest absolute Gasteiger partial charge is 0.297 e. The Morgan fingerprint density at radius 3 is 2.52 bits per heavy atom. The van der Waals surface area contributed by atoms with Crippen molar-refractivity contribution in [2.45, 2.75) is 39.5 Å². The molecule has 0 bridgehead atoms. The molecule has 4 rings (SSSR count). The summed E-state index contributed by atoms with van der Waals surface area (Å²) in [6, 6.07) is 16.9. The second kappa shape index (κ2) is 8.93. The molecule has 3 aromatic rings. The van der Waals surface area contributed by atoms with E-state index in [0.29, 0.717) is 42.2 Å². The molecule has 0 N–H and O–H groups in total. The summed E-state index contributed by atoms with van der Waals surface area (Å²) in [6.45, 7) is 4.55. The van der Waals surface area contributed by atoms with Gasteiger partial charge in [-0.2, -0.15) is 5.26 Å². The molecule has 0 radical (unpaired) electrons.